The van der Waals surface area contributed by atoms with Gasteiger partial charge in [0.2, 0.25) is 0 Å². The summed E-state index contributed by atoms with van der Waals surface area (Å²) in [5.41, 5.74) is 0.335. The van der Waals surface area contributed by atoms with Crippen LogP contribution in [0.15, 0.2) is 12.1 Å². The summed E-state index contributed by atoms with van der Waals surface area (Å²) in [4.78, 5) is 22.0. The molecule has 0 aliphatic heterocycles. The summed E-state index contributed by atoms with van der Waals surface area (Å²) in [5, 5.41) is 31.6. The van der Waals surface area contributed by atoms with Gasteiger partial charge in [-0.05, 0) is 13.0 Å². The summed E-state index contributed by atoms with van der Waals surface area (Å²) in [6.07, 6.45) is -1.00. The van der Waals surface area contributed by atoms with Crippen LogP contribution in [-0.2, 0) is 4.74 Å². The molecule has 8 nitrogen and oxygen atoms in total. The maximum absolute atomic E-state index is 11.6. The van der Waals surface area contributed by atoms with E-state index in [0.717, 1.165) is 0 Å². The van der Waals surface area contributed by atoms with Crippen molar-refractivity contribution in [3.63, 3.8) is 0 Å². The molecule has 0 aliphatic carbocycles. The lowest BCUT2D eigenvalue weighted by atomic mass is 10.1. The summed E-state index contributed by atoms with van der Waals surface area (Å²) < 4.78 is 4.57. The quantitative estimate of drug-likeness (QED) is 0.394. The Labute approximate surface area is 115 Å². The number of esters is 1. The van der Waals surface area contributed by atoms with Crippen molar-refractivity contribution in [1.29, 1.82) is 0 Å². The van der Waals surface area contributed by atoms with E-state index < -0.39 is 23.6 Å². The number of carbonyl (C=O) groups excluding carboxylic acids is 1. The second-order valence-corrected chi connectivity index (χ2v) is 4.13. The Kier molecular flexibility index (Phi) is 5.42. The SMILES string of the molecule is COC(=O)c1cc(NCC(O)CO)cc([N+](=O)[O-])c1C. The van der Waals surface area contributed by atoms with E-state index in [-0.39, 0.29) is 29.0 Å². The third-order valence-corrected chi connectivity index (χ3v) is 2.73. The highest BCUT2D eigenvalue weighted by molar-refractivity contribution is 5.93. The van der Waals surface area contributed by atoms with Gasteiger partial charge in [0, 0.05) is 23.9 Å². The molecule has 1 rings (SSSR count). The molecule has 20 heavy (non-hydrogen) atoms. The van der Waals surface area contributed by atoms with Crippen LogP contribution in [0.4, 0.5) is 11.4 Å². The van der Waals surface area contributed by atoms with Crippen molar-refractivity contribution in [3.05, 3.63) is 33.4 Å². The molecule has 0 saturated heterocycles. The molecular weight excluding hydrogens is 268 g/mol. The van der Waals surface area contributed by atoms with E-state index >= 15 is 0 Å². The summed E-state index contributed by atoms with van der Waals surface area (Å²) >= 11 is 0. The van der Waals surface area contributed by atoms with E-state index in [1.807, 2.05) is 0 Å². The number of aliphatic hydroxyl groups is 2. The van der Waals surface area contributed by atoms with Crippen LogP contribution < -0.4 is 5.32 Å². The van der Waals surface area contributed by atoms with Crippen molar-refractivity contribution in [2.45, 2.75) is 13.0 Å². The summed E-state index contributed by atoms with van der Waals surface area (Å²) in [5.74, 6) is -0.683. The summed E-state index contributed by atoms with van der Waals surface area (Å²) in [6, 6.07) is 2.66. The number of rotatable bonds is 6. The first kappa shape index (κ1) is 15.9. The monoisotopic (exact) mass is 284 g/mol. The third kappa shape index (κ3) is 3.65. The normalized spacial score (nSPS) is 11.8. The van der Waals surface area contributed by atoms with Crippen molar-refractivity contribution < 1.29 is 24.7 Å². The number of ether oxygens (including phenoxy) is 1. The molecule has 1 atom stereocenters. The Morgan fingerprint density at radius 1 is 1.55 bits per heavy atom. The van der Waals surface area contributed by atoms with Crippen LogP contribution in [0.1, 0.15) is 15.9 Å². The minimum Gasteiger partial charge on any atom is -0.465 e. The molecule has 0 saturated carbocycles. The molecule has 1 unspecified atom stereocenters. The first-order valence-electron chi connectivity index (χ1n) is 5.80. The number of nitrogens with one attached hydrogen (secondary N) is 1. The van der Waals surface area contributed by atoms with Gasteiger partial charge in [0.15, 0.2) is 0 Å². The molecule has 0 spiro atoms. The summed E-state index contributed by atoms with van der Waals surface area (Å²) in [7, 11) is 1.18. The number of benzene rings is 1. The second-order valence-electron chi connectivity index (χ2n) is 4.13. The largest absolute Gasteiger partial charge is 0.465 e. The van der Waals surface area contributed by atoms with E-state index in [2.05, 4.69) is 10.1 Å². The molecule has 3 N–H and O–H groups in total. The fourth-order valence-corrected chi connectivity index (χ4v) is 1.61. The molecule has 1 aromatic rings. The lowest BCUT2D eigenvalue weighted by molar-refractivity contribution is -0.385. The summed E-state index contributed by atoms with van der Waals surface area (Å²) in [6.45, 7) is 1.01. The van der Waals surface area contributed by atoms with Gasteiger partial charge < -0.3 is 20.3 Å². The first-order chi connectivity index (χ1) is 9.40. The van der Waals surface area contributed by atoms with E-state index in [1.165, 1.54) is 26.2 Å². The highest BCUT2D eigenvalue weighted by atomic mass is 16.6. The number of nitro benzene ring substituents is 1. The van der Waals surface area contributed by atoms with Crippen LogP contribution in [0.25, 0.3) is 0 Å². The van der Waals surface area contributed by atoms with E-state index in [4.69, 9.17) is 5.11 Å². The molecule has 0 radical (unpaired) electrons. The fourth-order valence-electron chi connectivity index (χ4n) is 1.61. The van der Waals surface area contributed by atoms with Gasteiger partial charge in [0.1, 0.15) is 0 Å². The number of nitrogens with zero attached hydrogens (tertiary/aromatic N) is 1. The van der Waals surface area contributed by atoms with Crippen LogP contribution >= 0.6 is 0 Å². The predicted octanol–water partition coefficient (Wildman–Crippen LogP) is 0.455. The number of nitro groups is 1. The Bertz CT molecular complexity index is 517. The van der Waals surface area contributed by atoms with Crippen molar-refractivity contribution in [2.75, 3.05) is 25.6 Å². The van der Waals surface area contributed by atoms with Gasteiger partial charge in [-0.25, -0.2) is 4.79 Å². The van der Waals surface area contributed by atoms with Crippen LogP contribution in [0, 0.1) is 17.0 Å². The minimum absolute atomic E-state index is 0.00265. The van der Waals surface area contributed by atoms with E-state index in [1.54, 1.807) is 0 Å². The smallest absolute Gasteiger partial charge is 0.338 e. The van der Waals surface area contributed by atoms with Gasteiger partial charge >= 0.3 is 5.97 Å². The van der Waals surface area contributed by atoms with Crippen LogP contribution in [-0.4, -0.2) is 47.5 Å². The fraction of sp³-hybridized carbons (Fsp3) is 0.417. The third-order valence-electron chi connectivity index (χ3n) is 2.73. The molecule has 0 bridgehead atoms. The minimum atomic E-state index is -1.00. The van der Waals surface area contributed by atoms with E-state index in [0.29, 0.717) is 0 Å². The van der Waals surface area contributed by atoms with Crippen molar-refractivity contribution in [2.24, 2.45) is 0 Å². The van der Waals surface area contributed by atoms with Gasteiger partial charge in [-0.2, -0.15) is 0 Å². The van der Waals surface area contributed by atoms with Crippen molar-refractivity contribution in [1.82, 2.24) is 0 Å². The molecule has 0 aromatic heterocycles. The van der Waals surface area contributed by atoms with Crippen molar-refractivity contribution >= 4 is 17.3 Å². The average molecular weight is 284 g/mol. The van der Waals surface area contributed by atoms with Gasteiger partial charge in [-0.3, -0.25) is 10.1 Å². The topological polar surface area (TPSA) is 122 Å². The number of carbonyl (C=O) groups is 1. The molecule has 0 fully saturated rings. The first-order valence-corrected chi connectivity index (χ1v) is 5.80. The number of anilines is 1. The standard InChI is InChI=1S/C12H16N2O6/c1-7-10(12(17)20-2)3-8(4-11(7)14(18)19)13-5-9(16)6-15/h3-4,9,13,15-16H,5-6H2,1-2H3. The molecule has 8 heteroatoms. The number of hydrogen-bond donors (Lipinski definition) is 3. The van der Waals surface area contributed by atoms with Gasteiger partial charge in [-0.1, -0.05) is 0 Å². The molecule has 0 heterocycles. The van der Waals surface area contributed by atoms with Gasteiger partial charge in [-0.15, -0.1) is 0 Å². The maximum Gasteiger partial charge on any atom is 0.338 e. The Morgan fingerprint density at radius 3 is 2.70 bits per heavy atom. The maximum atomic E-state index is 11.6. The van der Waals surface area contributed by atoms with Crippen LogP contribution in [0.5, 0.6) is 0 Å². The molecule has 0 amide bonds. The number of methoxy groups -OCH3 is 1. The lowest BCUT2D eigenvalue weighted by Gasteiger charge is -2.12. The highest BCUT2D eigenvalue weighted by Crippen LogP contribution is 2.27. The van der Waals surface area contributed by atoms with Crippen LogP contribution in [0.3, 0.4) is 0 Å². The Morgan fingerprint density at radius 2 is 2.20 bits per heavy atom. The predicted molar refractivity (Wildman–Crippen MR) is 70.8 cm³/mol. The Hall–Kier alpha value is -2.19. The molecular formula is C12H16N2O6. The molecule has 1 aromatic carbocycles. The average Bonchev–Trinajstić information content (AvgIpc) is 2.44. The van der Waals surface area contributed by atoms with Crippen LogP contribution in [0.2, 0.25) is 0 Å². The molecule has 110 valence electrons. The molecule has 0 aliphatic rings. The second kappa shape index (κ2) is 6.83. The zero-order valence-corrected chi connectivity index (χ0v) is 11.1. The zero-order chi connectivity index (χ0) is 15.3. The number of aliphatic hydroxyl groups excluding tert-OH is 2. The lowest BCUT2D eigenvalue weighted by Crippen LogP contribution is -2.23. The zero-order valence-electron chi connectivity index (χ0n) is 11.1. The van der Waals surface area contributed by atoms with Gasteiger partial charge in [0.05, 0.1) is 30.3 Å². The van der Waals surface area contributed by atoms with E-state index in [9.17, 15) is 20.0 Å². The highest BCUT2D eigenvalue weighted by Gasteiger charge is 2.21. The number of hydrogen-bond acceptors (Lipinski definition) is 7. The Balaban J connectivity index is 3.16. The van der Waals surface area contributed by atoms with Gasteiger partial charge in [0.25, 0.3) is 5.69 Å². The van der Waals surface area contributed by atoms with Crippen molar-refractivity contribution in [3.8, 4) is 0 Å².